The summed E-state index contributed by atoms with van der Waals surface area (Å²) in [6.45, 7) is 1.55. The molecule has 142 valence electrons. The molecule has 0 aliphatic carbocycles. The van der Waals surface area contributed by atoms with Crippen LogP contribution in [0.2, 0.25) is 0 Å². The highest BCUT2D eigenvalue weighted by Crippen LogP contribution is 2.31. The molecule has 0 fully saturated rings. The van der Waals surface area contributed by atoms with Gasteiger partial charge >= 0.3 is 0 Å². The molecule has 0 N–H and O–H groups in total. The van der Waals surface area contributed by atoms with E-state index in [1.54, 1.807) is 0 Å². The first-order valence-electron chi connectivity index (χ1n) is 9.21. The number of nitrogens with zero attached hydrogens (tertiary/aromatic N) is 2. The smallest absolute Gasteiger partial charge is 0.137 e. The second kappa shape index (κ2) is 8.68. The van der Waals surface area contributed by atoms with E-state index < -0.39 is 0 Å². The summed E-state index contributed by atoms with van der Waals surface area (Å²) in [7, 11) is 0. The molecule has 0 saturated carbocycles. The van der Waals surface area contributed by atoms with E-state index in [2.05, 4.69) is 34.2 Å². The van der Waals surface area contributed by atoms with Crippen molar-refractivity contribution in [3.63, 3.8) is 0 Å². The van der Waals surface area contributed by atoms with Crippen molar-refractivity contribution < 1.29 is 4.42 Å². The van der Waals surface area contributed by atoms with E-state index >= 15 is 0 Å². The van der Waals surface area contributed by atoms with Gasteiger partial charge in [0, 0.05) is 53.6 Å². The van der Waals surface area contributed by atoms with Gasteiger partial charge in [0.15, 0.2) is 0 Å². The van der Waals surface area contributed by atoms with Crippen molar-refractivity contribution in [1.29, 1.82) is 0 Å². The zero-order valence-electron chi connectivity index (χ0n) is 15.3. The van der Waals surface area contributed by atoms with E-state index in [9.17, 15) is 0 Å². The lowest BCUT2D eigenvalue weighted by Crippen LogP contribution is -2.27. The van der Waals surface area contributed by atoms with Crippen molar-refractivity contribution in [3.8, 4) is 0 Å². The zero-order chi connectivity index (χ0) is 19.3. The quantitative estimate of drug-likeness (QED) is 0.253. The molecule has 0 amide bonds. The summed E-state index contributed by atoms with van der Waals surface area (Å²) in [6, 6.07) is 22.4. The molecule has 1 heterocycles. The minimum absolute atomic E-state index is 0.574. The van der Waals surface area contributed by atoms with Crippen LogP contribution in [0, 0.1) is 0 Å². The highest BCUT2D eigenvalue weighted by molar-refractivity contribution is 6.18. The van der Waals surface area contributed by atoms with Crippen LogP contribution in [0.1, 0.15) is 5.56 Å². The van der Waals surface area contributed by atoms with Crippen LogP contribution in [0.25, 0.3) is 21.9 Å². The number of hydrogen-bond donors (Lipinski definition) is 0. The summed E-state index contributed by atoms with van der Waals surface area (Å²) < 4.78 is 5.93. The van der Waals surface area contributed by atoms with Gasteiger partial charge in [-0.3, -0.25) is 4.99 Å². The SMILES string of the molecule is ClCCN(CCCl)c1ccc(C=Nc2ccc3c(c2)oc2ccccc23)cc1. The Hall–Kier alpha value is -2.49. The fourth-order valence-corrected chi connectivity index (χ4v) is 3.70. The Labute approximate surface area is 174 Å². The van der Waals surface area contributed by atoms with E-state index in [1.165, 1.54) is 0 Å². The van der Waals surface area contributed by atoms with Gasteiger partial charge in [0.1, 0.15) is 11.2 Å². The Morgan fingerprint density at radius 1 is 0.821 bits per heavy atom. The molecule has 5 heteroatoms. The van der Waals surface area contributed by atoms with Crippen LogP contribution in [0.4, 0.5) is 11.4 Å². The monoisotopic (exact) mass is 410 g/mol. The van der Waals surface area contributed by atoms with Gasteiger partial charge in [0.05, 0.1) is 5.69 Å². The number of hydrogen-bond acceptors (Lipinski definition) is 3. The maximum atomic E-state index is 5.93. The third-order valence-corrected chi connectivity index (χ3v) is 5.03. The highest BCUT2D eigenvalue weighted by atomic mass is 35.5. The minimum atomic E-state index is 0.574. The van der Waals surface area contributed by atoms with Crippen LogP contribution >= 0.6 is 23.2 Å². The number of halogens is 2. The van der Waals surface area contributed by atoms with Gasteiger partial charge < -0.3 is 9.32 Å². The molecule has 0 spiro atoms. The Kier molecular flexibility index (Phi) is 5.84. The molecule has 28 heavy (non-hydrogen) atoms. The molecule has 4 rings (SSSR count). The average Bonchev–Trinajstić information content (AvgIpc) is 3.10. The normalized spacial score (nSPS) is 11.6. The zero-order valence-corrected chi connectivity index (χ0v) is 16.8. The van der Waals surface area contributed by atoms with E-state index in [1.807, 2.05) is 48.7 Å². The lowest BCUT2D eigenvalue weighted by Gasteiger charge is -2.22. The second-order valence-electron chi connectivity index (χ2n) is 6.49. The predicted octanol–water partition coefficient (Wildman–Crippen LogP) is 6.62. The molecule has 0 aliphatic heterocycles. The molecule has 0 atom stereocenters. The highest BCUT2D eigenvalue weighted by Gasteiger charge is 2.07. The maximum absolute atomic E-state index is 5.93. The largest absolute Gasteiger partial charge is 0.456 e. The summed E-state index contributed by atoms with van der Waals surface area (Å²) >= 11 is 11.8. The maximum Gasteiger partial charge on any atom is 0.137 e. The van der Waals surface area contributed by atoms with Crippen molar-refractivity contribution in [2.24, 2.45) is 4.99 Å². The van der Waals surface area contributed by atoms with Gasteiger partial charge in [0.25, 0.3) is 0 Å². The molecule has 0 aliphatic rings. The Balaban J connectivity index is 1.54. The van der Waals surface area contributed by atoms with E-state index in [0.717, 1.165) is 52.0 Å². The number of anilines is 1. The lowest BCUT2D eigenvalue weighted by molar-refractivity contribution is 0.669. The van der Waals surface area contributed by atoms with Gasteiger partial charge in [-0.05, 0) is 35.9 Å². The number of fused-ring (bicyclic) bond motifs is 3. The van der Waals surface area contributed by atoms with Crippen LogP contribution in [-0.2, 0) is 0 Å². The second-order valence-corrected chi connectivity index (χ2v) is 7.25. The number of rotatable bonds is 7. The Morgan fingerprint density at radius 2 is 1.54 bits per heavy atom. The number of para-hydroxylation sites is 1. The summed E-state index contributed by atoms with van der Waals surface area (Å²) in [5, 5.41) is 2.24. The minimum Gasteiger partial charge on any atom is -0.456 e. The molecule has 3 nitrogen and oxygen atoms in total. The first kappa shape index (κ1) is 18.9. The first-order valence-corrected chi connectivity index (χ1v) is 10.3. The molecular weight excluding hydrogens is 391 g/mol. The Morgan fingerprint density at radius 3 is 2.29 bits per heavy atom. The van der Waals surface area contributed by atoms with Crippen LogP contribution in [-0.4, -0.2) is 31.1 Å². The molecule has 0 saturated heterocycles. The van der Waals surface area contributed by atoms with Gasteiger partial charge in [-0.2, -0.15) is 0 Å². The predicted molar refractivity (Wildman–Crippen MR) is 121 cm³/mol. The van der Waals surface area contributed by atoms with E-state index in [-0.39, 0.29) is 0 Å². The average molecular weight is 411 g/mol. The summed E-state index contributed by atoms with van der Waals surface area (Å²) in [5.41, 5.74) is 4.76. The van der Waals surface area contributed by atoms with Crippen molar-refractivity contribution in [3.05, 3.63) is 72.3 Å². The third-order valence-electron chi connectivity index (χ3n) is 4.69. The van der Waals surface area contributed by atoms with Gasteiger partial charge in [0.2, 0.25) is 0 Å². The lowest BCUT2D eigenvalue weighted by atomic mass is 10.1. The summed E-state index contributed by atoms with van der Waals surface area (Å²) in [5.74, 6) is 1.15. The molecule has 0 bridgehead atoms. The van der Waals surface area contributed by atoms with E-state index in [0.29, 0.717) is 11.8 Å². The molecule has 4 aromatic rings. The summed E-state index contributed by atoms with van der Waals surface area (Å²) in [6.07, 6.45) is 1.86. The van der Waals surface area contributed by atoms with Crippen molar-refractivity contribution >= 4 is 62.7 Å². The van der Waals surface area contributed by atoms with Gasteiger partial charge in [-0.15, -0.1) is 23.2 Å². The molecule has 1 aromatic heterocycles. The standard InChI is InChI=1S/C23H20Cl2N2O/c24-11-13-27(14-12-25)19-8-5-17(6-9-19)16-26-18-7-10-21-20-3-1-2-4-22(20)28-23(21)15-18/h1-10,15-16H,11-14H2. The van der Waals surface area contributed by atoms with E-state index in [4.69, 9.17) is 27.6 Å². The van der Waals surface area contributed by atoms with Gasteiger partial charge in [-0.1, -0.05) is 30.3 Å². The number of benzene rings is 3. The fraction of sp³-hybridized carbons (Fsp3) is 0.174. The van der Waals surface area contributed by atoms with Crippen LogP contribution in [0.5, 0.6) is 0 Å². The number of alkyl halides is 2. The van der Waals surface area contributed by atoms with Crippen molar-refractivity contribution in [1.82, 2.24) is 0 Å². The van der Waals surface area contributed by atoms with Crippen molar-refractivity contribution in [2.45, 2.75) is 0 Å². The molecule has 3 aromatic carbocycles. The first-order chi connectivity index (χ1) is 13.8. The van der Waals surface area contributed by atoms with Crippen LogP contribution in [0.3, 0.4) is 0 Å². The molecular formula is C23H20Cl2N2O. The van der Waals surface area contributed by atoms with Gasteiger partial charge in [-0.25, -0.2) is 0 Å². The summed E-state index contributed by atoms with van der Waals surface area (Å²) in [4.78, 5) is 6.78. The third kappa shape index (κ3) is 4.01. The fourth-order valence-electron chi connectivity index (χ4n) is 3.29. The van der Waals surface area contributed by atoms with Crippen molar-refractivity contribution in [2.75, 3.05) is 29.7 Å². The molecule has 0 unspecified atom stereocenters. The van der Waals surface area contributed by atoms with Crippen LogP contribution in [0.15, 0.2) is 76.1 Å². The molecule has 0 radical (unpaired) electrons. The van der Waals surface area contributed by atoms with Crippen LogP contribution < -0.4 is 4.90 Å². The number of aliphatic imine (C=N–C) groups is 1. The Bertz CT molecular complexity index is 1100. The topological polar surface area (TPSA) is 28.7 Å². The number of furan rings is 1.